The summed E-state index contributed by atoms with van der Waals surface area (Å²) in [5.41, 5.74) is 1.87. The van der Waals surface area contributed by atoms with Gasteiger partial charge in [0, 0.05) is 14.0 Å². The average molecular weight is 382 g/mol. The van der Waals surface area contributed by atoms with E-state index in [1.807, 2.05) is 61.5 Å². The predicted molar refractivity (Wildman–Crippen MR) is 108 cm³/mol. The summed E-state index contributed by atoms with van der Waals surface area (Å²) in [4.78, 5) is 30.8. The zero-order valence-electron chi connectivity index (χ0n) is 15.7. The molecule has 3 aromatic rings. The van der Waals surface area contributed by atoms with Gasteiger partial charge in [0.1, 0.15) is 5.01 Å². The van der Waals surface area contributed by atoms with Crippen molar-refractivity contribution in [2.75, 3.05) is 7.05 Å². The van der Waals surface area contributed by atoms with Crippen LogP contribution in [0.5, 0.6) is 0 Å². The molecule has 0 aliphatic rings. The number of rotatable bonds is 6. The Labute approximate surface area is 163 Å². The van der Waals surface area contributed by atoms with Crippen molar-refractivity contribution in [3.63, 3.8) is 0 Å². The van der Waals surface area contributed by atoms with Gasteiger partial charge in [-0.05, 0) is 24.6 Å². The van der Waals surface area contributed by atoms with Crippen LogP contribution in [0.15, 0.2) is 54.6 Å². The van der Waals surface area contributed by atoms with Crippen LogP contribution in [0.1, 0.15) is 42.9 Å². The molecule has 1 N–H and O–H groups in total. The number of thiazole rings is 1. The van der Waals surface area contributed by atoms with E-state index in [-0.39, 0.29) is 30.3 Å². The molecule has 0 aliphatic heterocycles. The number of carbonyl (C=O) groups excluding carboxylic acids is 2. The summed E-state index contributed by atoms with van der Waals surface area (Å²) in [6, 6.07) is 17.0. The highest BCUT2D eigenvalue weighted by atomic mass is 32.1. The molecule has 2 amide bonds. The smallest absolute Gasteiger partial charge is 0.225 e. The number of fused-ring (bicyclic) bond motifs is 1. The molecule has 0 aliphatic carbocycles. The van der Waals surface area contributed by atoms with Gasteiger partial charge in [-0.25, -0.2) is 4.98 Å². The zero-order valence-corrected chi connectivity index (χ0v) is 16.5. The fourth-order valence-electron chi connectivity index (χ4n) is 2.95. The van der Waals surface area contributed by atoms with Crippen LogP contribution in [0, 0.1) is 0 Å². The Bertz CT molecular complexity index is 906. The molecule has 0 unspecified atom stereocenters. The molecule has 2 atom stereocenters. The lowest BCUT2D eigenvalue weighted by Gasteiger charge is -2.26. The summed E-state index contributed by atoms with van der Waals surface area (Å²) in [6.45, 7) is 3.44. The van der Waals surface area contributed by atoms with Crippen molar-refractivity contribution in [1.29, 1.82) is 0 Å². The lowest BCUT2D eigenvalue weighted by molar-refractivity contribution is -0.132. The van der Waals surface area contributed by atoms with Gasteiger partial charge in [0.2, 0.25) is 11.8 Å². The predicted octanol–water partition coefficient (Wildman–Crippen LogP) is 4.08. The summed E-state index contributed by atoms with van der Waals surface area (Å²) in [7, 11) is 1.79. The van der Waals surface area contributed by atoms with E-state index < -0.39 is 0 Å². The Balaban J connectivity index is 1.75. The second-order valence-corrected chi connectivity index (χ2v) is 7.63. The standard InChI is InChI=1S/C21H23N3O2S/c1-14(21-23-17-11-7-8-12-19(17)27-21)24(3)20(26)13-18(22-15(2)25)16-9-5-4-6-10-16/h4-12,14,18H,13H2,1-3H3,(H,22,25)/t14-,18+/m0/s1. The van der Waals surface area contributed by atoms with E-state index in [1.165, 1.54) is 6.92 Å². The number of para-hydroxylation sites is 1. The second kappa shape index (κ2) is 8.31. The number of nitrogens with one attached hydrogen (secondary N) is 1. The molecule has 1 aromatic heterocycles. The maximum atomic E-state index is 12.9. The van der Waals surface area contributed by atoms with Gasteiger partial charge in [0.05, 0.1) is 28.7 Å². The summed E-state index contributed by atoms with van der Waals surface area (Å²) in [5.74, 6) is -0.192. The molecule has 0 radical (unpaired) electrons. The summed E-state index contributed by atoms with van der Waals surface area (Å²) in [6.07, 6.45) is 0.204. The van der Waals surface area contributed by atoms with E-state index in [9.17, 15) is 9.59 Å². The third-order valence-corrected chi connectivity index (χ3v) is 5.81. The van der Waals surface area contributed by atoms with Crippen LogP contribution < -0.4 is 5.32 Å². The molecule has 6 heteroatoms. The van der Waals surface area contributed by atoms with E-state index >= 15 is 0 Å². The minimum atomic E-state index is -0.346. The van der Waals surface area contributed by atoms with Crippen LogP contribution in [0.3, 0.4) is 0 Å². The van der Waals surface area contributed by atoms with Crippen LogP contribution in [0.25, 0.3) is 10.2 Å². The van der Waals surface area contributed by atoms with Crippen molar-refractivity contribution in [2.24, 2.45) is 0 Å². The number of hydrogen-bond donors (Lipinski definition) is 1. The SMILES string of the molecule is CC(=O)N[C@H](CC(=O)N(C)[C@@H](C)c1nc2ccccc2s1)c1ccccc1. The maximum Gasteiger partial charge on any atom is 0.225 e. The first-order chi connectivity index (χ1) is 13.0. The van der Waals surface area contributed by atoms with Crippen molar-refractivity contribution in [3.05, 3.63) is 65.2 Å². The maximum absolute atomic E-state index is 12.9. The largest absolute Gasteiger partial charge is 0.349 e. The lowest BCUT2D eigenvalue weighted by Crippen LogP contribution is -2.35. The van der Waals surface area contributed by atoms with Gasteiger partial charge < -0.3 is 10.2 Å². The first kappa shape index (κ1) is 19.0. The number of amides is 2. The van der Waals surface area contributed by atoms with Crippen molar-refractivity contribution >= 4 is 33.4 Å². The molecule has 0 saturated heterocycles. The molecule has 0 spiro atoms. The molecular weight excluding hydrogens is 358 g/mol. The highest BCUT2D eigenvalue weighted by Gasteiger charge is 2.24. The highest BCUT2D eigenvalue weighted by Crippen LogP contribution is 2.29. The monoisotopic (exact) mass is 381 g/mol. The van der Waals surface area contributed by atoms with Gasteiger partial charge in [0.15, 0.2) is 0 Å². The molecule has 0 saturated carbocycles. The van der Waals surface area contributed by atoms with E-state index in [1.54, 1.807) is 23.3 Å². The number of nitrogens with zero attached hydrogens (tertiary/aromatic N) is 2. The second-order valence-electron chi connectivity index (χ2n) is 6.57. The molecule has 0 bridgehead atoms. The molecule has 2 aromatic carbocycles. The molecule has 1 heterocycles. The highest BCUT2D eigenvalue weighted by molar-refractivity contribution is 7.18. The number of hydrogen-bond acceptors (Lipinski definition) is 4. The fourth-order valence-corrected chi connectivity index (χ4v) is 4.01. The van der Waals surface area contributed by atoms with Crippen LogP contribution in [-0.2, 0) is 9.59 Å². The molecule has 3 rings (SSSR count). The Morgan fingerprint density at radius 3 is 2.44 bits per heavy atom. The van der Waals surface area contributed by atoms with Crippen molar-refractivity contribution in [2.45, 2.75) is 32.4 Å². The zero-order chi connectivity index (χ0) is 19.4. The summed E-state index contributed by atoms with van der Waals surface area (Å²) in [5, 5.41) is 3.79. The lowest BCUT2D eigenvalue weighted by atomic mass is 10.0. The van der Waals surface area contributed by atoms with E-state index in [0.29, 0.717) is 0 Å². The summed E-state index contributed by atoms with van der Waals surface area (Å²) >= 11 is 1.60. The van der Waals surface area contributed by atoms with Crippen molar-refractivity contribution in [1.82, 2.24) is 15.2 Å². The van der Waals surface area contributed by atoms with Gasteiger partial charge >= 0.3 is 0 Å². The molecule has 27 heavy (non-hydrogen) atoms. The fraction of sp³-hybridized carbons (Fsp3) is 0.286. The van der Waals surface area contributed by atoms with E-state index in [2.05, 4.69) is 10.3 Å². The van der Waals surface area contributed by atoms with Gasteiger partial charge in [-0.3, -0.25) is 9.59 Å². The van der Waals surface area contributed by atoms with Crippen LogP contribution in [0.2, 0.25) is 0 Å². The van der Waals surface area contributed by atoms with Gasteiger partial charge in [-0.15, -0.1) is 11.3 Å². The van der Waals surface area contributed by atoms with Gasteiger partial charge in [0.25, 0.3) is 0 Å². The molecule has 5 nitrogen and oxygen atoms in total. The average Bonchev–Trinajstić information content (AvgIpc) is 3.10. The number of benzene rings is 2. The van der Waals surface area contributed by atoms with Gasteiger partial charge in [-0.2, -0.15) is 0 Å². The molecule has 0 fully saturated rings. The van der Waals surface area contributed by atoms with Gasteiger partial charge in [-0.1, -0.05) is 42.5 Å². The van der Waals surface area contributed by atoms with Crippen LogP contribution >= 0.6 is 11.3 Å². The minimum absolute atomic E-state index is 0.0376. The Morgan fingerprint density at radius 2 is 1.78 bits per heavy atom. The third-order valence-electron chi connectivity index (χ3n) is 4.60. The van der Waals surface area contributed by atoms with Crippen LogP contribution in [0.4, 0.5) is 0 Å². The first-order valence-corrected chi connectivity index (χ1v) is 9.70. The van der Waals surface area contributed by atoms with E-state index in [0.717, 1.165) is 20.8 Å². The molecular formula is C21H23N3O2S. The first-order valence-electron chi connectivity index (χ1n) is 8.89. The Kier molecular flexibility index (Phi) is 5.86. The quantitative estimate of drug-likeness (QED) is 0.700. The number of aromatic nitrogens is 1. The Morgan fingerprint density at radius 1 is 1.11 bits per heavy atom. The minimum Gasteiger partial charge on any atom is -0.349 e. The summed E-state index contributed by atoms with van der Waals surface area (Å²) < 4.78 is 1.11. The molecule has 140 valence electrons. The normalized spacial score (nSPS) is 13.1. The third kappa shape index (κ3) is 4.52. The van der Waals surface area contributed by atoms with Crippen LogP contribution in [-0.4, -0.2) is 28.7 Å². The Hall–Kier alpha value is -2.73. The van der Waals surface area contributed by atoms with Crippen molar-refractivity contribution in [3.8, 4) is 0 Å². The van der Waals surface area contributed by atoms with Crippen molar-refractivity contribution < 1.29 is 9.59 Å². The topological polar surface area (TPSA) is 62.3 Å². The number of carbonyl (C=O) groups is 2. The van der Waals surface area contributed by atoms with E-state index in [4.69, 9.17) is 0 Å².